The van der Waals surface area contributed by atoms with Crippen molar-refractivity contribution in [2.24, 2.45) is 7.05 Å². The fraction of sp³-hybridized carbons (Fsp3) is 0.200. The molecule has 1 amide bonds. The van der Waals surface area contributed by atoms with Crippen LogP contribution < -0.4 is 5.32 Å². The number of rotatable bonds is 4. The Bertz CT molecular complexity index is 1130. The van der Waals surface area contributed by atoms with E-state index in [1.54, 1.807) is 21.6 Å². The van der Waals surface area contributed by atoms with Gasteiger partial charge in [-0.2, -0.15) is 10.2 Å². The maximum absolute atomic E-state index is 12.9. The highest BCUT2D eigenvalue weighted by molar-refractivity contribution is 6.12. The van der Waals surface area contributed by atoms with Gasteiger partial charge in [0, 0.05) is 18.9 Å². The lowest BCUT2D eigenvalue weighted by Gasteiger charge is -2.06. The van der Waals surface area contributed by atoms with Gasteiger partial charge >= 0.3 is 0 Å². The van der Waals surface area contributed by atoms with Gasteiger partial charge in [-0.1, -0.05) is 30.3 Å². The maximum atomic E-state index is 12.9. The average molecular weight is 360 g/mol. The highest BCUT2D eigenvalue weighted by Crippen LogP contribution is 2.22. The molecular formula is C20H20N6O. The van der Waals surface area contributed by atoms with Crippen molar-refractivity contribution < 1.29 is 4.79 Å². The third kappa shape index (κ3) is 3.31. The van der Waals surface area contributed by atoms with Gasteiger partial charge in [-0.15, -0.1) is 0 Å². The molecule has 1 aromatic carbocycles. The predicted octanol–water partition coefficient (Wildman–Crippen LogP) is 3.08. The zero-order valence-corrected chi connectivity index (χ0v) is 15.5. The molecule has 4 aromatic rings. The second-order valence-electron chi connectivity index (χ2n) is 6.59. The van der Waals surface area contributed by atoms with Crippen molar-refractivity contribution in [1.82, 2.24) is 24.5 Å². The lowest BCUT2D eigenvalue weighted by Crippen LogP contribution is -2.13. The Kier molecular flexibility index (Phi) is 4.19. The van der Waals surface area contributed by atoms with E-state index in [2.05, 4.69) is 20.5 Å². The monoisotopic (exact) mass is 360 g/mol. The SMILES string of the molecule is Cc1cc(C(=O)Nc2cnn(Cc3ccccc3)c2)c2c(C)nn(C)c2n1. The number of hydrogen-bond donors (Lipinski definition) is 1. The van der Waals surface area contributed by atoms with Crippen LogP contribution in [0.15, 0.2) is 48.8 Å². The number of aromatic nitrogens is 5. The summed E-state index contributed by atoms with van der Waals surface area (Å²) in [6, 6.07) is 11.9. The van der Waals surface area contributed by atoms with E-state index in [-0.39, 0.29) is 5.91 Å². The molecule has 0 saturated heterocycles. The molecule has 27 heavy (non-hydrogen) atoms. The van der Waals surface area contributed by atoms with Gasteiger partial charge in [-0.05, 0) is 25.5 Å². The number of pyridine rings is 1. The number of fused-ring (bicyclic) bond motifs is 1. The number of amides is 1. The molecule has 3 heterocycles. The van der Waals surface area contributed by atoms with E-state index < -0.39 is 0 Å². The summed E-state index contributed by atoms with van der Waals surface area (Å²) in [6.45, 7) is 4.40. The number of aryl methyl sites for hydroxylation is 3. The molecular weight excluding hydrogens is 340 g/mol. The van der Waals surface area contributed by atoms with Gasteiger partial charge in [0.25, 0.3) is 5.91 Å². The van der Waals surface area contributed by atoms with Crippen LogP contribution in [-0.2, 0) is 13.6 Å². The lowest BCUT2D eigenvalue weighted by atomic mass is 10.1. The molecule has 0 unspecified atom stereocenters. The first kappa shape index (κ1) is 17.0. The first-order chi connectivity index (χ1) is 13.0. The highest BCUT2D eigenvalue weighted by atomic mass is 16.1. The van der Waals surface area contributed by atoms with Gasteiger partial charge in [0.1, 0.15) is 0 Å². The fourth-order valence-corrected chi connectivity index (χ4v) is 3.23. The van der Waals surface area contributed by atoms with Crippen molar-refractivity contribution in [3.05, 3.63) is 71.3 Å². The van der Waals surface area contributed by atoms with Gasteiger partial charge < -0.3 is 5.32 Å². The van der Waals surface area contributed by atoms with Crippen molar-refractivity contribution in [2.75, 3.05) is 5.32 Å². The molecule has 3 aromatic heterocycles. The summed E-state index contributed by atoms with van der Waals surface area (Å²) in [5.41, 5.74) is 4.63. The average Bonchev–Trinajstić information content (AvgIpc) is 3.19. The van der Waals surface area contributed by atoms with Crippen LogP contribution in [0.1, 0.15) is 27.3 Å². The molecule has 0 aliphatic rings. The Balaban J connectivity index is 1.59. The van der Waals surface area contributed by atoms with Crippen LogP contribution in [-0.4, -0.2) is 30.5 Å². The van der Waals surface area contributed by atoms with Gasteiger partial charge in [-0.3, -0.25) is 14.2 Å². The molecule has 1 N–H and O–H groups in total. The molecule has 7 nitrogen and oxygen atoms in total. The van der Waals surface area contributed by atoms with Crippen LogP contribution in [0.25, 0.3) is 11.0 Å². The molecule has 0 bridgehead atoms. The van der Waals surface area contributed by atoms with E-state index in [4.69, 9.17) is 0 Å². The van der Waals surface area contributed by atoms with E-state index in [9.17, 15) is 4.79 Å². The number of anilines is 1. The van der Waals surface area contributed by atoms with Gasteiger partial charge in [0.15, 0.2) is 5.65 Å². The minimum Gasteiger partial charge on any atom is -0.319 e. The summed E-state index contributed by atoms with van der Waals surface area (Å²) in [7, 11) is 1.83. The minimum absolute atomic E-state index is 0.194. The topological polar surface area (TPSA) is 77.6 Å². The van der Waals surface area contributed by atoms with E-state index in [1.165, 1.54) is 0 Å². The zero-order chi connectivity index (χ0) is 19.0. The number of benzene rings is 1. The predicted molar refractivity (Wildman–Crippen MR) is 104 cm³/mol. The smallest absolute Gasteiger partial charge is 0.256 e. The summed E-state index contributed by atoms with van der Waals surface area (Å²) in [6.07, 6.45) is 3.48. The molecule has 0 aliphatic carbocycles. The number of nitrogens with one attached hydrogen (secondary N) is 1. The van der Waals surface area contributed by atoms with Gasteiger partial charge in [-0.25, -0.2) is 4.98 Å². The fourth-order valence-electron chi connectivity index (χ4n) is 3.23. The highest BCUT2D eigenvalue weighted by Gasteiger charge is 2.18. The standard InChI is InChI=1S/C20H20N6O/c1-13-9-17(18-14(2)24-25(3)19(18)22-13)20(27)23-16-10-21-26(12-16)11-15-7-5-4-6-8-15/h4-10,12H,11H2,1-3H3,(H,23,27). The molecule has 7 heteroatoms. The van der Waals surface area contributed by atoms with Crippen LogP contribution in [0.4, 0.5) is 5.69 Å². The van der Waals surface area contributed by atoms with Crippen molar-refractivity contribution in [2.45, 2.75) is 20.4 Å². The Morgan fingerprint density at radius 3 is 2.74 bits per heavy atom. The van der Waals surface area contributed by atoms with Gasteiger partial charge in [0.2, 0.25) is 0 Å². The Morgan fingerprint density at radius 2 is 1.96 bits per heavy atom. The Morgan fingerprint density at radius 1 is 1.19 bits per heavy atom. The van der Waals surface area contributed by atoms with Crippen molar-refractivity contribution in [1.29, 1.82) is 0 Å². The maximum Gasteiger partial charge on any atom is 0.256 e. The number of hydrogen-bond acceptors (Lipinski definition) is 4. The third-order valence-electron chi connectivity index (χ3n) is 4.42. The lowest BCUT2D eigenvalue weighted by molar-refractivity contribution is 0.102. The molecule has 136 valence electrons. The van der Waals surface area contributed by atoms with Crippen molar-refractivity contribution in [3.63, 3.8) is 0 Å². The van der Waals surface area contributed by atoms with E-state index in [0.717, 1.165) is 22.3 Å². The normalized spacial score (nSPS) is 11.1. The molecule has 0 aliphatic heterocycles. The summed E-state index contributed by atoms with van der Waals surface area (Å²) in [4.78, 5) is 17.4. The quantitative estimate of drug-likeness (QED) is 0.607. The van der Waals surface area contributed by atoms with Crippen LogP contribution >= 0.6 is 0 Å². The second kappa shape index (κ2) is 6.68. The number of carbonyl (C=O) groups excluding carboxylic acids is 1. The van der Waals surface area contributed by atoms with Gasteiger partial charge in [0.05, 0.1) is 35.1 Å². The summed E-state index contributed by atoms with van der Waals surface area (Å²) in [5.74, 6) is -0.194. The molecule has 0 saturated carbocycles. The summed E-state index contributed by atoms with van der Waals surface area (Å²) < 4.78 is 3.50. The molecule has 0 spiro atoms. The molecule has 0 radical (unpaired) electrons. The molecule has 0 atom stereocenters. The third-order valence-corrected chi connectivity index (χ3v) is 4.42. The number of nitrogens with zero attached hydrogens (tertiary/aromatic N) is 5. The molecule has 0 fully saturated rings. The van der Waals surface area contributed by atoms with E-state index >= 15 is 0 Å². The summed E-state index contributed by atoms with van der Waals surface area (Å²) in [5, 5.41) is 12.4. The van der Waals surface area contributed by atoms with E-state index in [0.29, 0.717) is 23.4 Å². The first-order valence-electron chi connectivity index (χ1n) is 8.70. The van der Waals surface area contributed by atoms with Crippen molar-refractivity contribution in [3.8, 4) is 0 Å². The zero-order valence-electron chi connectivity index (χ0n) is 15.5. The Hall–Kier alpha value is -3.48. The first-order valence-corrected chi connectivity index (χ1v) is 8.70. The van der Waals surface area contributed by atoms with Crippen LogP contribution in [0.3, 0.4) is 0 Å². The molecule has 4 rings (SSSR count). The summed E-state index contributed by atoms with van der Waals surface area (Å²) >= 11 is 0. The van der Waals surface area contributed by atoms with Crippen LogP contribution in [0.5, 0.6) is 0 Å². The van der Waals surface area contributed by atoms with E-state index in [1.807, 2.05) is 57.4 Å². The van der Waals surface area contributed by atoms with Crippen LogP contribution in [0.2, 0.25) is 0 Å². The minimum atomic E-state index is -0.194. The number of carbonyl (C=O) groups is 1. The van der Waals surface area contributed by atoms with Crippen molar-refractivity contribution >= 4 is 22.6 Å². The largest absolute Gasteiger partial charge is 0.319 e. The van der Waals surface area contributed by atoms with Crippen LogP contribution in [0, 0.1) is 13.8 Å². The Labute approximate surface area is 156 Å². The second-order valence-corrected chi connectivity index (χ2v) is 6.59.